The number of hydrogen-bond acceptors (Lipinski definition) is 3. The summed E-state index contributed by atoms with van der Waals surface area (Å²) >= 11 is 0. The normalized spacial score (nSPS) is 16.9. The SMILES string of the molecule is O=C(O)CCCNC(=O)NC1CCCOc2ccc(F)cc21. The van der Waals surface area contributed by atoms with Gasteiger partial charge in [0.25, 0.3) is 0 Å². The van der Waals surface area contributed by atoms with Gasteiger partial charge >= 0.3 is 12.0 Å². The first-order valence-corrected chi connectivity index (χ1v) is 7.24. The first-order chi connectivity index (χ1) is 10.6. The lowest BCUT2D eigenvalue weighted by atomic mass is 10.0. The zero-order valence-corrected chi connectivity index (χ0v) is 12.1. The molecule has 0 radical (unpaired) electrons. The Labute approximate surface area is 127 Å². The van der Waals surface area contributed by atoms with Gasteiger partial charge in [0.2, 0.25) is 0 Å². The molecular weight excluding hydrogens is 291 g/mol. The van der Waals surface area contributed by atoms with Crippen LogP contribution in [-0.2, 0) is 4.79 Å². The number of carboxylic acids is 1. The molecule has 1 aromatic rings. The number of carbonyl (C=O) groups is 2. The van der Waals surface area contributed by atoms with Crippen molar-refractivity contribution >= 4 is 12.0 Å². The Bertz CT molecular complexity index is 550. The summed E-state index contributed by atoms with van der Waals surface area (Å²) in [5.41, 5.74) is 0.623. The van der Waals surface area contributed by atoms with Gasteiger partial charge in [-0.3, -0.25) is 4.79 Å². The van der Waals surface area contributed by atoms with E-state index >= 15 is 0 Å². The number of hydrogen-bond donors (Lipinski definition) is 3. The van der Waals surface area contributed by atoms with Gasteiger partial charge in [-0.05, 0) is 37.5 Å². The number of carbonyl (C=O) groups excluding carboxylic acids is 1. The first kappa shape index (κ1) is 16.1. The maximum atomic E-state index is 13.4. The Balaban J connectivity index is 1.93. The summed E-state index contributed by atoms with van der Waals surface area (Å²) in [6.45, 7) is 0.800. The van der Waals surface area contributed by atoms with Crippen molar-refractivity contribution in [2.45, 2.75) is 31.7 Å². The second kappa shape index (κ2) is 7.63. The van der Waals surface area contributed by atoms with Crippen LogP contribution in [0.4, 0.5) is 9.18 Å². The van der Waals surface area contributed by atoms with E-state index in [0.717, 1.165) is 6.42 Å². The molecule has 1 aliphatic heterocycles. The molecule has 0 bridgehead atoms. The summed E-state index contributed by atoms with van der Waals surface area (Å²) in [6.07, 6.45) is 1.77. The lowest BCUT2D eigenvalue weighted by Crippen LogP contribution is -2.38. The number of benzene rings is 1. The molecular formula is C15H19FN2O4. The molecule has 1 aliphatic rings. The number of nitrogens with one attached hydrogen (secondary N) is 2. The van der Waals surface area contributed by atoms with Crippen molar-refractivity contribution in [3.63, 3.8) is 0 Å². The maximum Gasteiger partial charge on any atom is 0.315 e. The fourth-order valence-electron chi connectivity index (χ4n) is 2.35. The lowest BCUT2D eigenvalue weighted by molar-refractivity contribution is -0.137. The topological polar surface area (TPSA) is 87.7 Å². The van der Waals surface area contributed by atoms with E-state index < -0.39 is 12.0 Å². The Morgan fingerprint density at radius 3 is 3.00 bits per heavy atom. The van der Waals surface area contributed by atoms with E-state index in [-0.39, 0.29) is 24.8 Å². The Morgan fingerprint density at radius 1 is 1.41 bits per heavy atom. The van der Waals surface area contributed by atoms with E-state index in [1.165, 1.54) is 12.1 Å². The predicted molar refractivity (Wildman–Crippen MR) is 77.3 cm³/mol. The van der Waals surface area contributed by atoms with Crippen LogP contribution >= 0.6 is 0 Å². The van der Waals surface area contributed by atoms with Crippen molar-refractivity contribution in [1.82, 2.24) is 10.6 Å². The number of halogens is 1. The van der Waals surface area contributed by atoms with E-state index in [0.29, 0.717) is 30.8 Å². The highest BCUT2D eigenvalue weighted by atomic mass is 19.1. The average molecular weight is 310 g/mol. The fraction of sp³-hybridized carbons (Fsp3) is 0.467. The molecule has 2 rings (SSSR count). The van der Waals surface area contributed by atoms with Crippen LogP contribution in [-0.4, -0.2) is 30.3 Å². The number of aliphatic carboxylic acids is 1. The van der Waals surface area contributed by atoms with E-state index in [9.17, 15) is 14.0 Å². The third-order valence-electron chi connectivity index (χ3n) is 3.40. The second-order valence-electron chi connectivity index (χ2n) is 5.12. The fourth-order valence-corrected chi connectivity index (χ4v) is 2.35. The lowest BCUT2D eigenvalue weighted by Gasteiger charge is -2.18. The zero-order valence-electron chi connectivity index (χ0n) is 12.1. The van der Waals surface area contributed by atoms with Crippen LogP contribution in [0.5, 0.6) is 5.75 Å². The number of urea groups is 1. The highest BCUT2D eigenvalue weighted by Crippen LogP contribution is 2.31. The van der Waals surface area contributed by atoms with Crippen LogP contribution in [0.25, 0.3) is 0 Å². The van der Waals surface area contributed by atoms with Crippen molar-refractivity contribution in [2.75, 3.05) is 13.2 Å². The highest BCUT2D eigenvalue weighted by Gasteiger charge is 2.22. The summed E-state index contributed by atoms with van der Waals surface area (Å²) in [4.78, 5) is 22.2. The minimum atomic E-state index is -0.896. The molecule has 1 atom stereocenters. The van der Waals surface area contributed by atoms with Crippen molar-refractivity contribution in [3.05, 3.63) is 29.6 Å². The molecule has 0 aliphatic carbocycles. The Kier molecular flexibility index (Phi) is 5.57. The van der Waals surface area contributed by atoms with Crippen LogP contribution in [0.15, 0.2) is 18.2 Å². The molecule has 1 unspecified atom stereocenters. The molecule has 0 spiro atoms. The number of amides is 2. The summed E-state index contributed by atoms with van der Waals surface area (Å²) in [5, 5.41) is 13.9. The number of ether oxygens (including phenoxy) is 1. The molecule has 2 amide bonds. The number of carboxylic acid groups (broad SMARTS) is 1. The molecule has 22 heavy (non-hydrogen) atoms. The first-order valence-electron chi connectivity index (χ1n) is 7.24. The third-order valence-corrected chi connectivity index (χ3v) is 3.40. The monoisotopic (exact) mass is 310 g/mol. The van der Waals surface area contributed by atoms with E-state index in [4.69, 9.17) is 9.84 Å². The highest BCUT2D eigenvalue weighted by molar-refractivity contribution is 5.74. The van der Waals surface area contributed by atoms with Gasteiger partial charge in [0.15, 0.2) is 0 Å². The Morgan fingerprint density at radius 2 is 2.23 bits per heavy atom. The summed E-state index contributed by atoms with van der Waals surface area (Å²) in [6, 6.07) is 3.54. The number of rotatable bonds is 5. The van der Waals surface area contributed by atoms with Crippen LogP contribution in [0.1, 0.15) is 37.3 Å². The van der Waals surface area contributed by atoms with Crippen molar-refractivity contribution in [1.29, 1.82) is 0 Å². The molecule has 1 heterocycles. The van der Waals surface area contributed by atoms with E-state index in [1.54, 1.807) is 6.07 Å². The second-order valence-corrected chi connectivity index (χ2v) is 5.12. The van der Waals surface area contributed by atoms with Gasteiger partial charge in [-0.15, -0.1) is 0 Å². The van der Waals surface area contributed by atoms with E-state index in [1.807, 2.05) is 0 Å². The molecule has 1 aromatic carbocycles. The largest absolute Gasteiger partial charge is 0.493 e. The maximum absolute atomic E-state index is 13.4. The third kappa shape index (κ3) is 4.61. The van der Waals surface area contributed by atoms with Crippen LogP contribution < -0.4 is 15.4 Å². The van der Waals surface area contributed by atoms with Gasteiger partial charge in [-0.1, -0.05) is 0 Å². The quantitative estimate of drug-likeness (QED) is 0.728. The smallest absolute Gasteiger partial charge is 0.315 e. The van der Waals surface area contributed by atoms with E-state index in [2.05, 4.69) is 10.6 Å². The molecule has 6 nitrogen and oxygen atoms in total. The molecule has 120 valence electrons. The molecule has 7 heteroatoms. The van der Waals surface area contributed by atoms with Crippen molar-refractivity contribution in [3.8, 4) is 5.75 Å². The molecule has 0 saturated carbocycles. The van der Waals surface area contributed by atoms with Crippen molar-refractivity contribution < 1.29 is 23.8 Å². The van der Waals surface area contributed by atoms with Gasteiger partial charge in [0.1, 0.15) is 11.6 Å². The molecule has 0 aromatic heterocycles. The molecule has 0 saturated heterocycles. The number of fused-ring (bicyclic) bond motifs is 1. The zero-order chi connectivity index (χ0) is 15.9. The summed E-state index contributed by atoms with van der Waals surface area (Å²) in [7, 11) is 0. The molecule has 0 fully saturated rings. The average Bonchev–Trinajstić information content (AvgIpc) is 2.66. The minimum Gasteiger partial charge on any atom is -0.493 e. The summed E-state index contributed by atoms with van der Waals surface area (Å²) < 4.78 is 19.0. The van der Waals surface area contributed by atoms with Gasteiger partial charge in [-0.2, -0.15) is 0 Å². The van der Waals surface area contributed by atoms with Gasteiger partial charge in [-0.25, -0.2) is 9.18 Å². The van der Waals surface area contributed by atoms with Crippen LogP contribution in [0, 0.1) is 5.82 Å². The minimum absolute atomic E-state index is 0.00555. The van der Waals surface area contributed by atoms with Crippen molar-refractivity contribution in [2.24, 2.45) is 0 Å². The van der Waals surface area contributed by atoms with Gasteiger partial charge in [0, 0.05) is 18.5 Å². The predicted octanol–water partition coefficient (Wildman–Crippen LogP) is 2.20. The Hall–Kier alpha value is -2.31. The molecule has 3 N–H and O–H groups in total. The van der Waals surface area contributed by atoms with Gasteiger partial charge in [0.05, 0.1) is 12.6 Å². The standard InChI is InChI=1S/C15H19FN2O4/c16-10-5-6-13-11(9-10)12(3-2-8-22-13)18-15(21)17-7-1-4-14(19)20/h5-6,9,12H,1-4,7-8H2,(H,19,20)(H2,17,18,21). The van der Waals surface area contributed by atoms with Crippen LogP contribution in [0.3, 0.4) is 0 Å². The summed E-state index contributed by atoms with van der Waals surface area (Å²) in [5.74, 6) is -0.694. The van der Waals surface area contributed by atoms with Crippen LogP contribution in [0.2, 0.25) is 0 Å². The van der Waals surface area contributed by atoms with Gasteiger partial charge < -0.3 is 20.5 Å².